The van der Waals surface area contributed by atoms with E-state index < -0.39 is 0 Å². The molecule has 2 aromatic rings. The highest BCUT2D eigenvalue weighted by Crippen LogP contribution is 2.15. The van der Waals surface area contributed by atoms with Gasteiger partial charge in [0.05, 0.1) is 12.6 Å². The van der Waals surface area contributed by atoms with Crippen molar-refractivity contribution in [2.45, 2.75) is 25.3 Å². The Kier molecular flexibility index (Phi) is 8.41. The molecule has 0 radical (unpaired) electrons. The zero-order valence-electron chi connectivity index (χ0n) is 16.0. The molecule has 1 unspecified atom stereocenters. The molecule has 2 amide bonds. The van der Waals surface area contributed by atoms with Crippen LogP contribution in [-0.4, -0.2) is 64.7 Å². The predicted octanol–water partition coefficient (Wildman–Crippen LogP) is 1.06. The highest BCUT2D eigenvalue weighted by atomic mass is 35.5. The molecule has 28 heavy (non-hydrogen) atoms. The van der Waals surface area contributed by atoms with Crippen molar-refractivity contribution in [1.29, 1.82) is 0 Å². The van der Waals surface area contributed by atoms with E-state index in [4.69, 9.17) is 0 Å². The highest BCUT2D eigenvalue weighted by molar-refractivity contribution is 5.94. The fraction of sp³-hybridized carbons (Fsp3) is 0.474. The number of likely N-dealkylation sites (N-methyl/N-ethyl adjacent to an activating group) is 1. The summed E-state index contributed by atoms with van der Waals surface area (Å²) in [6, 6.07) is 7.68. The first-order valence-electron chi connectivity index (χ1n) is 9.31. The summed E-state index contributed by atoms with van der Waals surface area (Å²) in [6.45, 7) is 2.40. The van der Waals surface area contributed by atoms with Gasteiger partial charge in [-0.1, -0.05) is 6.07 Å². The van der Waals surface area contributed by atoms with Crippen LogP contribution in [0.1, 0.15) is 35.1 Å². The lowest BCUT2D eigenvalue weighted by Gasteiger charge is -2.22. The molecule has 152 valence electrons. The third-order valence-electron chi connectivity index (χ3n) is 4.74. The molecule has 3 rings (SSSR count). The summed E-state index contributed by atoms with van der Waals surface area (Å²) in [6.07, 6.45) is 6.39. The minimum Gasteiger partial charge on any atom is -0.344 e. The molecule has 1 fully saturated rings. The van der Waals surface area contributed by atoms with Crippen LogP contribution in [0.15, 0.2) is 36.7 Å². The third-order valence-corrected chi connectivity index (χ3v) is 4.74. The lowest BCUT2D eigenvalue weighted by molar-refractivity contribution is -0.128. The van der Waals surface area contributed by atoms with Gasteiger partial charge in [0.1, 0.15) is 5.69 Å². The Morgan fingerprint density at radius 1 is 1.36 bits per heavy atom. The van der Waals surface area contributed by atoms with Crippen molar-refractivity contribution in [3.8, 4) is 0 Å². The standard InChI is InChI=1S/C19H26N6O2.ClH/c1-24(11-7-15-5-2-3-10-21-15)18(26)14-22-19(27)17-8-12-25(23-17)16-6-4-9-20-13-16;/h2-3,5,8,10,12,16,20H,4,6-7,9,11,13-14H2,1H3,(H,22,27);1H. The minimum absolute atomic E-state index is 0. The molecule has 9 heteroatoms. The van der Waals surface area contributed by atoms with Crippen molar-refractivity contribution in [2.75, 3.05) is 33.2 Å². The number of hydrogen-bond acceptors (Lipinski definition) is 5. The summed E-state index contributed by atoms with van der Waals surface area (Å²) in [5.41, 5.74) is 1.27. The predicted molar refractivity (Wildman–Crippen MR) is 109 cm³/mol. The van der Waals surface area contributed by atoms with Crippen LogP contribution in [-0.2, 0) is 11.2 Å². The van der Waals surface area contributed by atoms with E-state index in [0.717, 1.165) is 31.6 Å². The largest absolute Gasteiger partial charge is 0.344 e. The van der Waals surface area contributed by atoms with Crippen molar-refractivity contribution in [1.82, 2.24) is 30.3 Å². The molecule has 0 aromatic carbocycles. The van der Waals surface area contributed by atoms with Crippen molar-refractivity contribution in [3.05, 3.63) is 48.0 Å². The molecule has 1 atom stereocenters. The topological polar surface area (TPSA) is 92.2 Å². The van der Waals surface area contributed by atoms with Crippen molar-refractivity contribution < 1.29 is 9.59 Å². The first-order chi connectivity index (χ1) is 13.1. The number of carbonyl (C=O) groups excluding carboxylic acids is 2. The van der Waals surface area contributed by atoms with E-state index in [1.165, 1.54) is 0 Å². The van der Waals surface area contributed by atoms with Crippen molar-refractivity contribution >= 4 is 24.2 Å². The summed E-state index contributed by atoms with van der Waals surface area (Å²) < 4.78 is 1.84. The van der Waals surface area contributed by atoms with E-state index in [2.05, 4.69) is 20.7 Å². The Hall–Kier alpha value is -2.45. The third kappa shape index (κ3) is 6.03. The maximum atomic E-state index is 12.3. The van der Waals surface area contributed by atoms with Gasteiger partial charge >= 0.3 is 0 Å². The summed E-state index contributed by atoms with van der Waals surface area (Å²) in [5, 5.41) is 10.4. The average Bonchev–Trinajstić information content (AvgIpc) is 3.22. The lowest BCUT2D eigenvalue weighted by atomic mass is 10.1. The fourth-order valence-electron chi connectivity index (χ4n) is 3.06. The molecular weight excluding hydrogens is 380 g/mol. The van der Waals surface area contributed by atoms with Gasteiger partial charge in [-0.05, 0) is 37.6 Å². The molecule has 0 aliphatic carbocycles. The van der Waals surface area contributed by atoms with E-state index in [0.29, 0.717) is 18.7 Å². The van der Waals surface area contributed by atoms with Gasteiger partial charge in [0, 0.05) is 44.6 Å². The van der Waals surface area contributed by atoms with Gasteiger partial charge in [-0.3, -0.25) is 19.3 Å². The maximum absolute atomic E-state index is 12.3. The number of nitrogens with one attached hydrogen (secondary N) is 2. The van der Waals surface area contributed by atoms with Crippen LogP contribution in [0.2, 0.25) is 0 Å². The van der Waals surface area contributed by atoms with Gasteiger partial charge in [0.25, 0.3) is 5.91 Å². The van der Waals surface area contributed by atoms with Crippen LogP contribution >= 0.6 is 12.4 Å². The number of amides is 2. The molecule has 0 bridgehead atoms. The molecule has 1 aliphatic rings. The van der Waals surface area contributed by atoms with Crippen LogP contribution < -0.4 is 10.6 Å². The molecule has 1 saturated heterocycles. The van der Waals surface area contributed by atoms with Crippen LogP contribution in [0.3, 0.4) is 0 Å². The molecule has 2 N–H and O–H groups in total. The Labute approximate surface area is 171 Å². The molecular formula is C19H27ClN6O2. The Balaban J connectivity index is 0.00000280. The van der Waals surface area contributed by atoms with E-state index in [1.807, 2.05) is 29.1 Å². The molecule has 1 aliphatic heterocycles. The molecule has 3 heterocycles. The van der Waals surface area contributed by atoms with Gasteiger partial charge in [-0.15, -0.1) is 12.4 Å². The Morgan fingerprint density at radius 2 is 2.21 bits per heavy atom. The quantitative estimate of drug-likeness (QED) is 0.717. The number of pyridine rings is 1. The number of aromatic nitrogens is 3. The summed E-state index contributed by atoms with van der Waals surface area (Å²) >= 11 is 0. The van der Waals surface area contributed by atoms with E-state index in [-0.39, 0.29) is 36.8 Å². The van der Waals surface area contributed by atoms with Gasteiger partial charge in [0.2, 0.25) is 5.91 Å². The first-order valence-corrected chi connectivity index (χ1v) is 9.31. The molecule has 0 spiro atoms. The zero-order chi connectivity index (χ0) is 19.1. The number of nitrogens with zero attached hydrogens (tertiary/aromatic N) is 4. The Morgan fingerprint density at radius 3 is 2.93 bits per heavy atom. The van der Waals surface area contributed by atoms with Crippen molar-refractivity contribution in [3.63, 3.8) is 0 Å². The molecule has 2 aromatic heterocycles. The molecule has 8 nitrogen and oxygen atoms in total. The second-order valence-corrected chi connectivity index (χ2v) is 6.75. The number of piperidine rings is 1. The van der Waals surface area contributed by atoms with Gasteiger partial charge < -0.3 is 15.5 Å². The van der Waals surface area contributed by atoms with E-state index in [1.54, 1.807) is 24.2 Å². The summed E-state index contributed by atoms with van der Waals surface area (Å²) in [5.74, 6) is -0.473. The Bertz CT molecular complexity index is 761. The van der Waals surface area contributed by atoms with Crippen LogP contribution in [0.25, 0.3) is 0 Å². The maximum Gasteiger partial charge on any atom is 0.272 e. The minimum atomic E-state index is -0.330. The van der Waals surface area contributed by atoms with Crippen LogP contribution in [0.5, 0.6) is 0 Å². The van der Waals surface area contributed by atoms with Crippen LogP contribution in [0.4, 0.5) is 0 Å². The second-order valence-electron chi connectivity index (χ2n) is 6.75. The van der Waals surface area contributed by atoms with Crippen molar-refractivity contribution in [2.24, 2.45) is 0 Å². The van der Waals surface area contributed by atoms with Gasteiger partial charge in [-0.25, -0.2) is 0 Å². The smallest absolute Gasteiger partial charge is 0.272 e. The number of carbonyl (C=O) groups is 2. The monoisotopic (exact) mass is 406 g/mol. The fourth-order valence-corrected chi connectivity index (χ4v) is 3.06. The average molecular weight is 407 g/mol. The SMILES string of the molecule is CN(CCc1ccccn1)C(=O)CNC(=O)c1ccn(C2CCCNC2)n1.Cl. The van der Waals surface area contributed by atoms with E-state index in [9.17, 15) is 9.59 Å². The second kappa shape index (κ2) is 10.8. The number of halogens is 1. The summed E-state index contributed by atoms with van der Waals surface area (Å²) in [4.78, 5) is 30.3. The highest BCUT2D eigenvalue weighted by Gasteiger charge is 2.18. The molecule has 0 saturated carbocycles. The number of hydrogen-bond donors (Lipinski definition) is 2. The normalized spacial score (nSPS) is 16.1. The first kappa shape index (κ1) is 21.8. The lowest BCUT2D eigenvalue weighted by Crippen LogP contribution is -2.39. The van der Waals surface area contributed by atoms with Crippen LogP contribution in [0, 0.1) is 0 Å². The van der Waals surface area contributed by atoms with Gasteiger partial charge in [0.15, 0.2) is 0 Å². The zero-order valence-corrected chi connectivity index (χ0v) is 16.8. The summed E-state index contributed by atoms with van der Waals surface area (Å²) in [7, 11) is 1.72. The van der Waals surface area contributed by atoms with E-state index >= 15 is 0 Å². The van der Waals surface area contributed by atoms with Gasteiger partial charge in [-0.2, -0.15) is 5.10 Å². The number of rotatable bonds is 7.